The summed E-state index contributed by atoms with van der Waals surface area (Å²) in [5, 5.41) is 4.86. The molecule has 0 fully saturated rings. The lowest BCUT2D eigenvalue weighted by atomic mass is 9.96. The highest BCUT2D eigenvalue weighted by Gasteiger charge is 2.18. The molecule has 31 heavy (non-hydrogen) atoms. The minimum atomic E-state index is 0.881. The number of fused-ring (bicyclic) bond motifs is 2. The van der Waals surface area contributed by atoms with Crippen LogP contribution in [-0.4, -0.2) is 9.97 Å². The number of imidazole rings is 1. The second kappa shape index (κ2) is 7.26. The molecule has 146 valence electrons. The second-order valence-electron chi connectivity index (χ2n) is 7.73. The van der Waals surface area contributed by atoms with Gasteiger partial charge in [0.25, 0.3) is 0 Å². The summed E-state index contributed by atoms with van der Waals surface area (Å²) in [4.78, 5) is 8.79. The summed E-state index contributed by atoms with van der Waals surface area (Å²) in [6.07, 6.45) is 0. The van der Waals surface area contributed by atoms with Gasteiger partial charge < -0.3 is 4.98 Å². The topological polar surface area (TPSA) is 28.7 Å². The van der Waals surface area contributed by atoms with Crippen LogP contribution in [0.15, 0.2) is 115 Å². The molecule has 0 spiro atoms. The largest absolute Gasteiger partial charge is 0.337 e. The molecule has 0 amide bonds. The van der Waals surface area contributed by atoms with Crippen molar-refractivity contribution in [1.29, 1.82) is 0 Å². The maximum atomic E-state index is 5.13. The Labute approximate surface area is 180 Å². The maximum absolute atomic E-state index is 5.13. The number of aromatic nitrogens is 2. The Bertz CT molecular complexity index is 1420. The van der Waals surface area contributed by atoms with Crippen molar-refractivity contribution in [3.8, 4) is 33.9 Å². The molecule has 1 heterocycles. The first-order valence-electron chi connectivity index (χ1n) is 10.5. The summed E-state index contributed by atoms with van der Waals surface area (Å²) in [6.45, 7) is 0. The molecule has 0 saturated heterocycles. The number of benzene rings is 5. The number of H-pyrrole nitrogens is 1. The molecule has 0 saturated carbocycles. The first-order valence-corrected chi connectivity index (χ1v) is 10.5. The predicted octanol–water partition coefficient (Wildman–Crippen LogP) is 7.72. The van der Waals surface area contributed by atoms with Crippen LogP contribution in [-0.2, 0) is 0 Å². The van der Waals surface area contributed by atoms with E-state index in [1.54, 1.807) is 0 Å². The van der Waals surface area contributed by atoms with Crippen LogP contribution in [0.25, 0.3) is 55.4 Å². The minimum Gasteiger partial charge on any atom is -0.337 e. The zero-order valence-electron chi connectivity index (χ0n) is 16.9. The number of rotatable bonds is 3. The van der Waals surface area contributed by atoms with Gasteiger partial charge in [-0.25, -0.2) is 4.98 Å². The molecule has 6 aromatic rings. The number of nitrogens with one attached hydrogen (secondary N) is 1. The summed E-state index contributed by atoms with van der Waals surface area (Å²) in [5.74, 6) is 0.881. The van der Waals surface area contributed by atoms with Crippen molar-refractivity contribution in [2.24, 2.45) is 0 Å². The number of hydrogen-bond acceptors (Lipinski definition) is 1. The van der Waals surface area contributed by atoms with Crippen molar-refractivity contribution in [3.05, 3.63) is 115 Å². The average molecular weight is 396 g/mol. The van der Waals surface area contributed by atoms with Crippen LogP contribution < -0.4 is 0 Å². The summed E-state index contributed by atoms with van der Waals surface area (Å²) >= 11 is 0. The highest BCUT2D eigenvalue weighted by atomic mass is 14.9. The van der Waals surface area contributed by atoms with E-state index in [0.717, 1.165) is 33.9 Å². The third-order valence-electron chi connectivity index (χ3n) is 5.85. The second-order valence-corrected chi connectivity index (χ2v) is 7.73. The SMILES string of the molecule is c1ccc(-c2nc(-c3cccc4ccccc34)c(-c3cccc4ccccc34)[nH]2)cc1. The maximum Gasteiger partial charge on any atom is 0.138 e. The predicted molar refractivity (Wildman–Crippen MR) is 130 cm³/mol. The third-order valence-corrected chi connectivity index (χ3v) is 5.85. The summed E-state index contributed by atoms with van der Waals surface area (Å²) in [7, 11) is 0. The van der Waals surface area contributed by atoms with Crippen molar-refractivity contribution in [2.45, 2.75) is 0 Å². The van der Waals surface area contributed by atoms with E-state index in [4.69, 9.17) is 4.98 Å². The van der Waals surface area contributed by atoms with Crippen molar-refractivity contribution in [3.63, 3.8) is 0 Å². The summed E-state index contributed by atoms with van der Waals surface area (Å²) in [6, 6.07) is 40.2. The highest BCUT2D eigenvalue weighted by Crippen LogP contribution is 2.39. The lowest BCUT2D eigenvalue weighted by molar-refractivity contribution is 1.31. The smallest absolute Gasteiger partial charge is 0.138 e. The molecule has 0 aliphatic carbocycles. The molecular formula is C29H20N2. The van der Waals surface area contributed by atoms with Crippen molar-refractivity contribution < 1.29 is 0 Å². The Balaban J connectivity index is 1.68. The first-order chi connectivity index (χ1) is 15.4. The molecule has 6 rings (SSSR count). The quantitative estimate of drug-likeness (QED) is 0.326. The fourth-order valence-corrected chi connectivity index (χ4v) is 4.37. The number of aromatic amines is 1. The van der Waals surface area contributed by atoms with Gasteiger partial charge in [-0.3, -0.25) is 0 Å². The van der Waals surface area contributed by atoms with Crippen LogP contribution in [0.4, 0.5) is 0 Å². The van der Waals surface area contributed by atoms with E-state index in [1.807, 2.05) is 18.2 Å². The fraction of sp³-hybridized carbons (Fsp3) is 0. The van der Waals surface area contributed by atoms with Gasteiger partial charge in [0.2, 0.25) is 0 Å². The molecular weight excluding hydrogens is 376 g/mol. The van der Waals surface area contributed by atoms with Gasteiger partial charge in [0.15, 0.2) is 0 Å². The molecule has 0 aliphatic rings. The van der Waals surface area contributed by atoms with Crippen LogP contribution in [0.2, 0.25) is 0 Å². The molecule has 0 unspecified atom stereocenters. The van der Waals surface area contributed by atoms with Gasteiger partial charge in [-0.15, -0.1) is 0 Å². The lowest BCUT2D eigenvalue weighted by Gasteiger charge is -2.09. The van der Waals surface area contributed by atoms with Gasteiger partial charge in [-0.1, -0.05) is 115 Å². The summed E-state index contributed by atoms with van der Waals surface area (Å²) < 4.78 is 0. The summed E-state index contributed by atoms with van der Waals surface area (Å²) in [5.41, 5.74) is 5.41. The Morgan fingerprint density at radius 2 is 1.03 bits per heavy atom. The standard InChI is InChI=1S/C29H20N2/c1-2-12-22(13-3-1)29-30-27(25-18-8-14-20-10-4-6-16-23(20)25)28(31-29)26-19-9-15-21-11-5-7-17-24(21)26/h1-19H,(H,30,31). The Morgan fingerprint density at radius 3 is 1.74 bits per heavy atom. The van der Waals surface area contributed by atoms with E-state index in [-0.39, 0.29) is 0 Å². The minimum absolute atomic E-state index is 0.881. The van der Waals surface area contributed by atoms with E-state index in [0.29, 0.717) is 0 Å². The van der Waals surface area contributed by atoms with E-state index in [1.165, 1.54) is 21.5 Å². The molecule has 0 bridgehead atoms. The van der Waals surface area contributed by atoms with Crippen LogP contribution in [0, 0.1) is 0 Å². The molecule has 0 radical (unpaired) electrons. The van der Waals surface area contributed by atoms with Crippen LogP contribution in [0.1, 0.15) is 0 Å². The molecule has 2 heteroatoms. The zero-order valence-corrected chi connectivity index (χ0v) is 16.9. The first kappa shape index (κ1) is 17.7. The van der Waals surface area contributed by atoms with Crippen LogP contribution in [0.3, 0.4) is 0 Å². The molecule has 0 aliphatic heterocycles. The third kappa shape index (κ3) is 3.01. The molecule has 2 nitrogen and oxygen atoms in total. The monoisotopic (exact) mass is 396 g/mol. The van der Waals surface area contributed by atoms with E-state index < -0.39 is 0 Å². The normalized spacial score (nSPS) is 11.2. The van der Waals surface area contributed by atoms with E-state index >= 15 is 0 Å². The van der Waals surface area contributed by atoms with Gasteiger partial charge in [-0.2, -0.15) is 0 Å². The molecule has 1 aromatic heterocycles. The van der Waals surface area contributed by atoms with Crippen molar-refractivity contribution in [2.75, 3.05) is 0 Å². The molecule has 5 aromatic carbocycles. The van der Waals surface area contributed by atoms with Crippen LogP contribution in [0.5, 0.6) is 0 Å². The Morgan fingerprint density at radius 1 is 0.484 bits per heavy atom. The van der Waals surface area contributed by atoms with E-state index in [9.17, 15) is 0 Å². The number of hydrogen-bond donors (Lipinski definition) is 1. The average Bonchev–Trinajstić information content (AvgIpc) is 3.29. The van der Waals surface area contributed by atoms with Crippen molar-refractivity contribution in [1.82, 2.24) is 9.97 Å². The Hall–Kier alpha value is -4.17. The number of nitrogens with zero attached hydrogens (tertiary/aromatic N) is 1. The molecule has 0 atom stereocenters. The highest BCUT2D eigenvalue weighted by molar-refractivity contribution is 6.03. The van der Waals surface area contributed by atoms with Gasteiger partial charge >= 0.3 is 0 Å². The molecule has 1 N–H and O–H groups in total. The van der Waals surface area contributed by atoms with E-state index in [2.05, 4.69) is 102 Å². The van der Waals surface area contributed by atoms with Crippen molar-refractivity contribution >= 4 is 21.5 Å². The van der Waals surface area contributed by atoms with Crippen LogP contribution >= 0.6 is 0 Å². The Kier molecular flexibility index (Phi) is 4.14. The van der Waals surface area contributed by atoms with Gasteiger partial charge in [0.1, 0.15) is 5.82 Å². The fourth-order valence-electron chi connectivity index (χ4n) is 4.37. The lowest BCUT2D eigenvalue weighted by Crippen LogP contribution is -1.87. The van der Waals surface area contributed by atoms with Gasteiger partial charge in [0.05, 0.1) is 11.4 Å². The van der Waals surface area contributed by atoms with Gasteiger partial charge in [0, 0.05) is 16.7 Å². The zero-order chi connectivity index (χ0) is 20.6. The van der Waals surface area contributed by atoms with Gasteiger partial charge in [-0.05, 0) is 21.5 Å².